The quantitative estimate of drug-likeness (QED) is 0.685. The largest absolute Gasteiger partial charge is 0.367 e. The molecule has 0 spiro atoms. The summed E-state index contributed by atoms with van der Waals surface area (Å²) in [6.45, 7) is 0. The Morgan fingerprint density at radius 2 is 1.62 bits per heavy atom. The zero-order valence-electron chi connectivity index (χ0n) is 11.3. The third-order valence-electron chi connectivity index (χ3n) is 2.70. The molecule has 0 bridgehead atoms. The number of rotatable bonds is 3. The summed E-state index contributed by atoms with van der Waals surface area (Å²) in [4.78, 5) is 37.3. The summed E-state index contributed by atoms with van der Waals surface area (Å²) in [6, 6.07) is 7.48. The van der Waals surface area contributed by atoms with Crippen molar-refractivity contribution in [2.24, 2.45) is 0 Å². The molecule has 1 heterocycles. The minimum absolute atomic E-state index is 0.0325. The molecular weight excluding hydrogens is 272 g/mol. The van der Waals surface area contributed by atoms with E-state index in [1.165, 1.54) is 25.5 Å². The van der Waals surface area contributed by atoms with E-state index in [0.29, 0.717) is 11.4 Å². The molecule has 0 atom stereocenters. The van der Waals surface area contributed by atoms with Gasteiger partial charge in [-0.05, 0) is 24.3 Å². The minimum Gasteiger partial charge on any atom is -0.367 e. The first-order chi connectivity index (χ1) is 10.1. The van der Waals surface area contributed by atoms with Crippen molar-refractivity contribution in [1.29, 1.82) is 0 Å². The average Bonchev–Trinajstić information content (AvgIpc) is 2.49. The zero-order valence-corrected chi connectivity index (χ0v) is 11.3. The van der Waals surface area contributed by atoms with Gasteiger partial charge < -0.3 is 20.9 Å². The van der Waals surface area contributed by atoms with Crippen molar-refractivity contribution >= 4 is 23.3 Å². The molecule has 21 heavy (non-hydrogen) atoms. The Hall–Kier alpha value is -3.09. The van der Waals surface area contributed by atoms with Crippen molar-refractivity contribution in [2.45, 2.75) is 0 Å². The van der Waals surface area contributed by atoms with Crippen LogP contribution in [-0.2, 0) is 0 Å². The molecule has 7 nitrogen and oxygen atoms in total. The Kier molecular flexibility index (Phi) is 4.35. The van der Waals surface area contributed by atoms with Crippen LogP contribution in [0.3, 0.4) is 0 Å². The standard InChI is InChI=1S/C14H14N4O3/c1-15-14(21)18-10-4-2-9(3-5-10)17-13(20)11-8-16-7-6-12(11)19/h2-8H,1H3,(H,16,19)(H,17,20)(H2,15,18,21). The summed E-state index contributed by atoms with van der Waals surface area (Å²) in [7, 11) is 1.52. The second kappa shape index (κ2) is 6.38. The van der Waals surface area contributed by atoms with E-state index in [2.05, 4.69) is 20.9 Å². The Morgan fingerprint density at radius 1 is 1.00 bits per heavy atom. The van der Waals surface area contributed by atoms with Gasteiger partial charge in [0.05, 0.1) is 0 Å². The fourth-order valence-corrected chi connectivity index (χ4v) is 1.62. The van der Waals surface area contributed by atoms with Crippen LogP contribution in [0.1, 0.15) is 10.4 Å². The summed E-state index contributed by atoms with van der Waals surface area (Å²) in [5, 5.41) is 7.63. The Labute approximate surface area is 120 Å². The molecule has 108 valence electrons. The lowest BCUT2D eigenvalue weighted by Gasteiger charge is -2.07. The van der Waals surface area contributed by atoms with Crippen LogP contribution in [0.25, 0.3) is 0 Å². The van der Waals surface area contributed by atoms with E-state index in [0.717, 1.165) is 0 Å². The highest BCUT2D eigenvalue weighted by Crippen LogP contribution is 2.14. The number of nitrogens with one attached hydrogen (secondary N) is 4. The zero-order chi connectivity index (χ0) is 15.2. The molecule has 1 aromatic heterocycles. The van der Waals surface area contributed by atoms with Crippen molar-refractivity contribution < 1.29 is 9.59 Å². The number of hydrogen-bond acceptors (Lipinski definition) is 3. The Balaban J connectivity index is 2.07. The van der Waals surface area contributed by atoms with Crippen LogP contribution in [0.15, 0.2) is 47.5 Å². The van der Waals surface area contributed by atoms with Crippen LogP contribution in [0, 0.1) is 0 Å². The van der Waals surface area contributed by atoms with Gasteiger partial charge in [-0.15, -0.1) is 0 Å². The maximum absolute atomic E-state index is 11.9. The van der Waals surface area contributed by atoms with E-state index in [1.54, 1.807) is 24.3 Å². The van der Waals surface area contributed by atoms with Gasteiger partial charge in [0.25, 0.3) is 5.91 Å². The Morgan fingerprint density at radius 3 is 2.19 bits per heavy atom. The van der Waals surface area contributed by atoms with Crippen molar-refractivity contribution in [3.8, 4) is 0 Å². The smallest absolute Gasteiger partial charge is 0.318 e. The van der Waals surface area contributed by atoms with E-state index < -0.39 is 5.91 Å². The van der Waals surface area contributed by atoms with Gasteiger partial charge in [0.15, 0.2) is 5.43 Å². The number of carbonyl (C=O) groups is 2. The highest BCUT2D eigenvalue weighted by molar-refractivity contribution is 6.04. The van der Waals surface area contributed by atoms with Gasteiger partial charge in [-0.2, -0.15) is 0 Å². The fourth-order valence-electron chi connectivity index (χ4n) is 1.62. The number of aromatic nitrogens is 1. The third-order valence-corrected chi connectivity index (χ3v) is 2.70. The molecular formula is C14H14N4O3. The van der Waals surface area contributed by atoms with Crippen molar-refractivity contribution in [1.82, 2.24) is 10.3 Å². The van der Waals surface area contributed by atoms with E-state index >= 15 is 0 Å². The van der Waals surface area contributed by atoms with Gasteiger partial charge in [-0.1, -0.05) is 0 Å². The third kappa shape index (κ3) is 3.69. The molecule has 0 fully saturated rings. The number of aromatic amines is 1. The van der Waals surface area contributed by atoms with Gasteiger partial charge in [0.2, 0.25) is 0 Å². The van der Waals surface area contributed by atoms with Crippen LogP contribution in [0.4, 0.5) is 16.2 Å². The number of pyridine rings is 1. The molecule has 2 rings (SSSR count). The van der Waals surface area contributed by atoms with E-state index in [9.17, 15) is 14.4 Å². The highest BCUT2D eigenvalue weighted by atomic mass is 16.2. The second-order valence-corrected chi connectivity index (χ2v) is 4.16. The summed E-state index contributed by atoms with van der Waals surface area (Å²) < 4.78 is 0. The van der Waals surface area contributed by atoms with Crippen molar-refractivity contribution in [2.75, 3.05) is 17.7 Å². The SMILES string of the molecule is CNC(=O)Nc1ccc(NC(=O)c2c[nH]ccc2=O)cc1. The monoisotopic (exact) mass is 286 g/mol. The molecule has 0 aliphatic rings. The Bertz CT molecular complexity index is 707. The van der Waals surface area contributed by atoms with Crippen LogP contribution < -0.4 is 21.4 Å². The van der Waals surface area contributed by atoms with Gasteiger partial charge >= 0.3 is 6.03 Å². The van der Waals surface area contributed by atoms with E-state index in [1.807, 2.05) is 0 Å². The van der Waals surface area contributed by atoms with Crippen LogP contribution in [0.2, 0.25) is 0 Å². The lowest BCUT2D eigenvalue weighted by Crippen LogP contribution is -2.24. The predicted molar refractivity (Wildman–Crippen MR) is 79.5 cm³/mol. The molecule has 3 amide bonds. The average molecular weight is 286 g/mol. The lowest BCUT2D eigenvalue weighted by molar-refractivity contribution is 0.102. The molecule has 2 aromatic rings. The van der Waals surface area contributed by atoms with E-state index in [4.69, 9.17) is 0 Å². The molecule has 0 saturated heterocycles. The summed E-state index contributed by atoms with van der Waals surface area (Å²) >= 11 is 0. The van der Waals surface area contributed by atoms with Crippen LogP contribution in [0.5, 0.6) is 0 Å². The van der Waals surface area contributed by atoms with Crippen LogP contribution in [-0.4, -0.2) is 24.0 Å². The number of carbonyl (C=O) groups excluding carboxylic acids is 2. The molecule has 0 aliphatic heterocycles. The van der Waals surface area contributed by atoms with E-state index in [-0.39, 0.29) is 17.0 Å². The number of benzene rings is 1. The van der Waals surface area contributed by atoms with Crippen molar-refractivity contribution in [3.63, 3.8) is 0 Å². The maximum atomic E-state index is 11.9. The topological polar surface area (TPSA) is 103 Å². The lowest BCUT2D eigenvalue weighted by atomic mass is 10.2. The number of hydrogen-bond donors (Lipinski definition) is 4. The van der Waals surface area contributed by atoms with Crippen molar-refractivity contribution in [3.05, 3.63) is 58.5 Å². The summed E-state index contributed by atoms with van der Waals surface area (Å²) in [5.74, 6) is -0.496. The first kappa shape index (κ1) is 14.3. The molecule has 0 saturated carbocycles. The molecule has 7 heteroatoms. The highest BCUT2D eigenvalue weighted by Gasteiger charge is 2.09. The molecule has 0 unspecified atom stereocenters. The van der Waals surface area contributed by atoms with Gasteiger partial charge in [-0.25, -0.2) is 4.79 Å². The van der Waals surface area contributed by atoms with Crippen LogP contribution >= 0.6 is 0 Å². The number of urea groups is 1. The fraction of sp³-hybridized carbons (Fsp3) is 0.0714. The van der Waals surface area contributed by atoms with Gasteiger partial charge in [0.1, 0.15) is 5.56 Å². The first-order valence-corrected chi connectivity index (χ1v) is 6.17. The number of anilines is 2. The van der Waals surface area contributed by atoms with Gasteiger partial charge in [0, 0.05) is 36.9 Å². The molecule has 4 N–H and O–H groups in total. The molecule has 1 aromatic carbocycles. The maximum Gasteiger partial charge on any atom is 0.318 e. The molecule has 0 radical (unpaired) electrons. The number of amides is 3. The summed E-state index contributed by atoms with van der Waals surface area (Å²) in [6.07, 6.45) is 2.80. The predicted octanol–water partition coefficient (Wildman–Crippen LogP) is 1.38. The number of H-pyrrole nitrogens is 1. The minimum atomic E-state index is -0.496. The molecule has 0 aliphatic carbocycles. The summed E-state index contributed by atoms with van der Waals surface area (Å²) in [5.41, 5.74) is 0.782. The second-order valence-electron chi connectivity index (χ2n) is 4.16. The normalized spacial score (nSPS) is 9.76. The first-order valence-electron chi connectivity index (χ1n) is 6.17. The van der Waals surface area contributed by atoms with Gasteiger partial charge in [-0.3, -0.25) is 9.59 Å².